The molecule has 144 valence electrons. The van der Waals surface area contributed by atoms with Crippen LogP contribution in [0.2, 0.25) is 0 Å². The van der Waals surface area contributed by atoms with Crippen molar-refractivity contribution in [3.63, 3.8) is 0 Å². The molecule has 2 aliphatic rings. The number of hydrogen-bond donors (Lipinski definition) is 0. The maximum atomic E-state index is 13.0. The summed E-state index contributed by atoms with van der Waals surface area (Å²) in [4.78, 5) is 40.3. The van der Waals surface area contributed by atoms with Crippen molar-refractivity contribution in [2.24, 2.45) is 5.92 Å². The van der Waals surface area contributed by atoms with Crippen LogP contribution in [-0.4, -0.2) is 42.4 Å². The van der Waals surface area contributed by atoms with E-state index in [1.165, 1.54) is 11.3 Å². The molecule has 0 aromatic heterocycles. The number of imide groups is 1. The van der Waals surface area contributed by atoms with Crippen LogP contribution < -0.4 is 4.46 Å². The number of carbonyl (C=O) groups excluding carboxylic acids is 3. The van der Waals surface area contributed by atoms with Gasteiger partial charge in [0, 0.05) is 0 Å². The van der Waals surface area contributed by atoms with Gasteiger partial charge in [0.2, 0.25) is 0 Å². The van der Waals surface area contributed by atoms with Gasteiger partial charge < -0.3 is 0 Å². The molecule has 2 aromatic carbocycles. The quantitative estimate of drug-likeness (QED) is 0.512. The average Bonchev–Trinajstić information content (AvgIpc) is 2.98. The standard InChI is InChI=1S/C23H23NO3Se/c25-21(28-17-11-5-2-6-12-17)15-20(16-9-3-1-4-10-16)24-22(26)18-13-7-8-14-19(18)23(24)27/h2,5-8,11-14,16,20H,1,3-4,9-10,15H2/t20-/m0/s1. The van der Waals surface area contributed by atoms with Crippen molar-refractivity contribution in [2.45, 2.75) is 44.6 Å². The summed E-state index contributed by atoms with van der Waals surface area (Å²) in [5.74, 6) is -0.265. The van der Waals surface area contributed by atoms with Crippen LogP contribution in [0.5, 0.6) is 0 Å². The zero-order valence-corrected chi connectivity index (χ0v) is 17.4. The Morgan fingerprint density at radius 2 is 1.46 bits per heavy atom. The first-order valence-corrected chi connectivity index (χ1v) is 11.6. The van der Waals surface area contributed by atoms with Gasteiger partial charge in [0.1, 0.15) is 0 Å². The van der Waals surface area contributed by atoms with Crippen LogP contribution >= 0.6 is 0 Å². The Bertz CT molecular complexity index is 855. The Balaban J connectivity index is 1.58. The molecule has 1 aliphatic heterocycles. The van der Waals surface area contributed by atoms with E-state index in [1.807, 2.05) is 30.3 Å². The number of carbonyl (C=O) groups is 3. The summed E-state index contributed by atoms with van der Waals surface area (Å²) in [6.45, 7) is 0. The van der Waals surface area contributed by atoms with Crippen LogP contribution in [0.4, 0.5) is 0 Å². The van der Waals surface area contributed by atoms with E-state index in [0.717, 1.165) is 30.1 Å². The van der Waals surface area contributed by atoms with Crippen molar-refractivity contribution in [3.05, 3.63) is 65.7 Å². The first-order valence-electron chi connectivity index (χ1n) is 9.88. The Morgan fingerprint density at radius 1 is 0.893 bits per heavy atom. The summed E-state index contributed by atoms with van der Waals surface area (Å²) in [6, 6.07) is 16.4. The second kappa shape index (κ2) is 8.42. The summed E-state index contributed by atoms with van der Waals surface area (Å²) in [7, 11) is 0. The maximum absolute atomic E-state index is 13.0. The molecule has 1 atom stereocenters. The average molecular weight is 440 g/mol. The summed E-state index contributed by atoms with van der Waals surface area (Å²) < 4.78 is 1.18. The van der Waals surface area contributed by atoms with Crippen LogP contribution in [0.1, 0.15) is 59.2 Å². The fourth-order valence-corrected chi connectivity index (χ4v) is 6.03. The molecule has 1 heterocycles. The Morgan fingerprint density at radius 3 is 2.07 bits per heavy atom. The Hall–Kier alpha value is -2.23. The normalized spacial score (nSPS) is 18.2. The second-order valence-electron chi connectivity index (χ2n) is 7.48. The molecule has 0 unspecified atom stereocenters. The summed E-state index contributed by atoms with van der Waals surface area (Å²) in [5, 5.41) is 0. The van der Waals surface area contributed by atoms with Gasteiger partial charge in [-0.25, -0.2) is 0 Å². The summed E-state index contributed by atoms with van der Waals surface area (Å²) in [6.07, 6.45) is 5.61. The van der Waals surface area contributed by atoms with Gasteiger partial charge in [0.25, 0.3) is 0 Å². The van der Waals surface area contributed by atoms with Gasteiger partial charge in [-0.2, -0.15) is 0 Å². The molecule has 0 N–H and O–H groups in total. The van der Waals surface area contributed by atoms with Crippen LogP contribution in [0.15, 0.2) is 54.6 Å². The molecular weight excluding hydrogens is 417 g/mol. The zero-order chi connectivity index (χ0) is 19.5. The number of nitrogens with zero attached hydrogens (tertiary/aromatic N) is 1. The first-order chi connectivity index (χ1) is 13.6. The third kappa shape index (κ3) is 3.82. The third-order valence-electron chi connectivity index (χ3n) is 5.70. The van der Waals surface area contributed by atoms with Gasteiger partial charge in [-0.1, -0.05) is 0 Å². The molecule has 4 rings (SSSR count). The molecule has 2 amide bonds. The molecule has 0 spiro atoms. The van der Waals surface area contributed by atoms with E-state index in [2.05, 4.69) is 0 Å². The molecule has 5 heteroatoms. The van der Waals surface area contributed by atoms with E-state index in [0.29, 0.717) is 11.1 Å². The van der Waals surface area contributed by atoms with E-state index in [1.54, 1.807) is 24.3 Å². The first kappa shape index (κ1) is 19.1. The van der Waals surface area contributed by atoms with Crippen molar-refractivity contribution in [2.75, 3.05) is 0 Å². The van der Waals surface area contributed by atoms with E-state index in [-0.39, 0.29) is 49.8 Å². The molecule has 2 aromatic rings. The minimum absolute atomic E-state index is 0.144. The van der Waals surface area contributed by atoms with Crippen molar-refractivity contribution in [3.8, 4) is 0 Å². The van der Waals surface area contributed by atoms with Crippen LogP contribution in [-0.2, 0) is 4.79 Å². The van der Waals surface area contributed by atoms with Gasteiger partial charge in [0.15, 0.2) is 0 Å². The summed E-state index contributed by atoms with van der Waals surface area (Å²) >= 11 is -0.299. The third-order valence-corrected chi connectivity index (χ3v) is 7.59. The number of fused-ring (bicyclic) bond motifs is 1. The van der Waals surface area contributed by atoms with E-state index in [4.69, 9.17) is 0 Å². The summed E-state index contributed by atoms with van der Waals surface area (Å²) in [5.41, 5.74) is 0.934. The topological polar surface area (TPSA) is 54.5 Å². The van der Waals surface area contributed by atoms with Crippen LogP contribution in [0.3, 0.4) is 0 Å². The predicted octanol–water partition coefficient (Wildman–Crippen LogP) is 3.18. The number of amides is 2. The SMILES string of the molecule is O=C(C[C@@H](C1CCCCC1)N1C(=O)c2ccccc2C1=O)[Se]c1ccccc1. The van der Waals surface area contributed by atoms with Crippen LogP contribution in [0.25, 0.3) is 0 Å². The number of hydrogen-bond acceptors (Lipinski definition) is 3. The van der Waals surface area contributed by atoms with E-state index < -0.39 is 0 Å². The molecule has 0 bridgehead atoms. The number of benzene rings is 2. The van der Waals surface area contributed by atoms with Crippen molar-refractivity contribution >= 4 is 35.9 Å². The molecule has 4 nitrogen and oxygen atoms in total. The van der Waals surface area contributed by atoms with E-state index >= 15 is 0 Å². The molecule has 0 saturated heterocycles. The second-order valence-corrected chi connectivity index (χ2v) is 9.86. The Labute approximate surface area is 171 Å². The molecule has 1 fully saturated rings. The van der Waals surface area contributed by atoms with Crippen molar-refractivity contribution in [1.29, 1.82) is 0 Å². The molecule has 0 radical (unpaired) electrons. The Kier molecular flexibility index (Phi) is 5.74. The predicted molar refractivity (Wildman–Crippen MR) is 109 cm³/mol. The van der Waals surface area contributed by atoms with Gasteiger partial charge in [-0.3, -0.25) is 0 Å². The molecular formula is C23H23NO3Se. The van der Waals surface area contributed by atoms with E-state index in [9.17, 15) is 14.4 Å². The zero-order valence-electron chi connectivity index (χ0n) is 15.7. The van der Waals surface area contributed by atoms with Gasteiger partial charge in [0.05, 0.1) is 0 Å². The fourth-order valence-electron chi connectivity index (χ4n) is 4.33. The van der Waals surface area contributed by atoms with Gasteiger partial charge >= 0.3 is 171 Å². The van der Waals surface area contributed by atoms with Crippen molar-refractivity contribution < 1.29 is 14.4 Å². The van der Waals surface area contributed by atoms with Crippen molar-refractivity contribution in [1.82, 2.24) is 4.90 Å². The fraction of sp³-hybridized carbons (Fsp3) is 0.348. The monoisotopic (exact) mass is 441 g/mol. The molecule has 1 saturated carbocycles. The molecule has 1 aliphatic carbocycles. The van der Waals surface area contributed by atoms with Gasteiger partial charge in [-0.05, 0) is 0 Å². The van der Waals surface area contributed by atoms with Gasteiger partial charge in [-0.15, -0.1) is 0 Å². The van der Waals surface area contributed by atoms with Crippen LogP contribution in [0, 0.1) is 5.92 Å². The number of rotatable bonds is 6. The minimum atomic E-state index is -0.328. The molecule has 28 heavy (non-hydrogen) atoms.